The molecule has 2 heterocycles. The molecule has 1 saturated carbocycles. The molecule has 0 aromatic carbocycles. The summed E-state index contributed by atoms with van der Waals surface area (Å²) in [6.07, 6.45) is -3.19. The highest BCUT2D eigenvalue weighted by molar-refractivity contribution is 7.15. The number of nitrogens with one attached hydrogen (secondary N) is 1. The van der Waals surface area contributed by atoms with Crippen molar-refractivity contribution in [3.8, 4) is 10.4 Å². The molecule has 136 valence electrons. The lowest BCUT2D eigenvalue weighted by atomic mass is 9.79. The van der Waals surface area contributed by atoms with Crippen LogP contribution in [0.5, 0.6) is 0 Å². The van der Waals surface area contributed by atoms with E-state index >= 15 is 0 Å². The van der Waals surface area contributed by atoms with Crippen molar-refractivity contribution >= 4 is 11.3 Å². The Morgan fingerprint density at radius 3 is 2.24 bits per heavy atom. The zero-order valence-electron chi connectivity index (χ0n) is 14.3. The second-order valence-corrected chi connectivity index (χ2v) is 7.85. The summed E-state index contributed by atoms with van der Waals surface area (Å²) in [6.45, 7) is 5.40. The summed E-state index contributed by atoms with van der Waals surface area (Å²) in [7, 11) is 0. The standard InChI is InChI=1S/C17H20F3N3OS/c1-8-15(25-10(3)21-8)13-14(22-9(2)23-16(13)24)11-4-6-12(7-5-11)17(18,19)20/h11-12H,4-7H2,1-3H3,(H,22,23,24). The maximum atomic E-state index is 12.9. The molecule has 0 amide bonds. The highest BCUT2D eigenvalue weighted by Crippen LogP contribution is 2.44. The van der Waals surface area contributed by atoms with Gasteiger partial charge in [0.1, 0.15) is 5.82 Å². The molecule has 3 rings (SSSR count). The van der Waals surface area contributed by atoms with Crippen LogP contribution in [0.1, 0.15) is 53.8 Å². The Kier molecular flexibility index (Phi) is 4.74. The van der Waals surface area contributed by atoms with Crippen molar-refractivity contribution in [3.05, 3.63) is 32.6 Å². The predicted octanol–water partition coefficient (Wildman–Crippen LogP) is 4.65. The topological polar surface area (TPSA) is 58.6 Å². The number of hydrogen-bond donors (Lipinski definition) is 1. The van der Waals surface area contributed by atoms with E-state index in [4.69, 9.17) is 0 Å². The predicted molar refractivity (Wildman–Crippen MR) is 90.9 cm³/mol. The Balaban J connectivity index is 2.00. The number of rotatable bonds is 2. The van der Waals surface area contributed by atoms with Crippen LogP contribution in [-0.4, -0.2) is 21.1 Å². The average Bonchev–Trinajstić information content (AvgIpc) is 2.84. The largest absolute Gasteiger partial charge is 0.391 e. The van der Waals surface area contributed by atoms with E-state index in [1.54, 1.807) is 6.92 Å². The Labute approximate surface area is 147 Å². The van der Waals surface area contributed by atoms with Gasteiger partial charge < -0.3 is 4.98 Å². The molecule has 25 heavy (non-hydrogen) atoms. The van der Waals surface area contributed by atoms with Crippen LogP contribution >= 0.6 is 11.3 Å². The van der Waals surface area contributed by atoms with Crippen molar-refractivity contribution in [2.45, 2.75) is 58.5 Å². The Morgan fingerprint density at radius 2 is 1.72 bits per heavy atom. The number of H-pyrrole nitrogens is 1. The van der Waals surface area contributed by atoms with Gasteiger partial charge in [0.25, 0.3) is 5.56 Å². The van der Waals surface area contributed by atoms with Gasteiger partial charge in [-0.3, -0.25) is 4.79 Å². The third kappa shape index (κ3) is 3.63. The van der Waals surface area contributed by atoms with Gasteiger partial charge in [-0.15, -0.1) is 11.3 Å². The zero-order valence-corrected chi connectivity index (χ0v) is 15.1. The normalized spacial score (nSPS) is 21.5. The number of nitrogens with zero attached hydrogens (tertiary/aromatic N) is 2. The second kappa shape index (κ2) is 6.55. The minimum Gasteiger partial charge on any atom is -0.310 e. The summed E-state index contributed by atoms with van der Waals surface area (Å²) >= 11 is 1.42. The van der Waals surface area contributed by atoms with Crippen molar-refractivity contribution in [1.29, 1.82) is 0 Å². The summed E-state index contributed by atoms with van der Waals surface area (Å²) in [5.74, 6) is -0.889. The molecule has 0 saturated heterocycles. The van der Waals surface area contributed by atoms with Crippen molar-refractivity contribution in [3.63, 3.8) is 0 Å². The van der Waals surface area contributed by atoms with Gasteiger partial charge in [-0.2, -0.15) is 13.2 Å². The van der Waals surface area contributed by atoms with Crippen LogP contribution in [0, 0.1) is 26.7 Å². The maximum Gasteiger partial charge on any atom is 0.391 e. The fourth-order valence-corrected chi connectivity index (χ4v) is 4.55. The molecule has 1 aliphatic carbocycles. The number of aryl methyl sites for hydroxylation is 3. The lowest BCUT2D eigenvalue weighted by Crippen LogP contribution is -2.28. The fraction of sp³-hybridized carbons (Fsp3) is 0.588. The van der Waals surface area contributed by atoms with Crippen molar-refractivity contribution in [2.24, 2.45) is 5.92 Å². The molecule has 0 unspecified atom stereocenters. The molecule has 0 bridgehead atoms. The summed E-state index contributed by atoms with van der Waals surface area (Å²) in [4.78, 5) is 25.0. The van der Waals surface area contributed by atoms with Crippen LogP contribution in [0.25, 0.3) is 10.4 Å². The number of aromatic nitrogens is 3. The van der Waals surface area contributed by atoms with Gasteiger partial charge in [-0.1, -0.05) is 0 Å². The van der Waals surface area contributed by atoms with E-state index in [-0.39, 0.29) is 24.3 Å². The highest BCUT2D eigenvalue weighted by atomic mass is 32.1. The van der Waals surface area contributed by atoms with E-state index in [1.807, 2.05) is 13.8 Å². The monoisotopic (exact) mass is 371 g/mol. The fourth-order valence-electron chi connectivity index (χ4n) is 3.58. The molecule has 1 aliphatic rings. The molecule has 4 nitrogen and oxygen atoms in total. The second-order valence-electron chi connectivity index (χ2n) is 6.65. The first kappa shape index (κ1) is 18.1. The van der Waals surface area contributed by atoms with E-state index < -0.39 is 12.1 Å². The first-order valence-corrected chi connectivity index (χ1v) is 9.10. The third-order valence-electron chi connectivity index (χ3n) is 4.77. The van der Waals surface area contributed by atoms with Gasteiger partial charge in [0.05, 0.1) is 32.8 Å². The summed E-state index contributed by atoms with van der Waals surface area (Å²) in [5.41, 5.74) is 1.61. The molecule has 2 aromatic rings. The average molecular weight is 371 g/mol. The van der Waals surface area contributed by atoms with E-state index in [1.165, 1.54) is 11.3 Å². The number of aromatic amines is 1. The van der Waals surface area contributed by atoms with E-state index in [0.29, 0.717) is 29.9 Å². The van der Waals surface area contributed by atoms with E-state index in [2.05, 4.69) is 15.0 Å². The molecular formula is C17H20F3N3OS. The number of alkyl halides is 3. The van der Waals surface area contributed by atoms with Crippen molar-refractivity contribution in [1.82, 2.24) is 15.0 Å². The molecule has 0 atom stereocenters. The van der Waals surface area contributed by atoms with Crippen molar-refractivity contribution < 1.29 is 13.2 Å². The summed E-state index contributed by atoms with van der Waals surface area (Å²) < 4.78 is 38.8. The lowest BCUT2D eigenvalue weighted by Gasteiger charge is -2.30. The van der Waals surface area contributed by atoms with Crippen LogP contribution in [0.2, 0.25) is 0 Å². The van der Waals surface area contributed by atoms with Crippen LogP contribution < -0.4 is 5.56 Å². The van der Waals surface area contributed by atoms with Gasteiger partial charge in [-0.05, 0) is 46.5 Å². The van der Waals surface area contributed by atoms with Crippen LogP contribution in [0.4, 0.5) is 13.2 Å². The van der Waals surface area contributed by atoms with Crippen LogP contribution in [-0.2, 0) is 0 Å². The van der Waals surface area contributed by atoms with Crippen molar-refractivity contribution in [2.75, 3.05) is 0 Å². The lowest BCUT2D eigenvalue weighted by molar-refractivity contribution is -0.182. The molecule has 0 radical (unpaired) electrons. The summed E-state index contributed by atoms with van der Waals surface area (Å²) in [5, 5.41) is 0.846. The number of halogens is 3. The number of thiazole rings is 1. The first-order chi connectivity index (χ1) is 11.7. The Morgan fingerprint density at radius 1 is 1.08 bits per heavy atom. The van der Waals surface area contributed by atoms with E-state index in [9.17, 15) is 18.0 Å². The maximum absolute atomic E-state index is 12.9. The smallest absolute Gasteiger partial charge is 0.310 e. The van der Waals surface area contributed by atoms with Gasteiger partial charge in [0.15, 0.2) is 0 Å². The molecule has 0 spiro atoms. The SMILES string of the molecule is Cc1nc(C2CCC(C(F)(F)F)CC2)c(-c2sc(C)nc2C)c(=O)[nH]1. The van der Waals surface area contributed by atoms with Gasteiger partial charge in [0.2, 0.25) is 0 Å². The molecule has 8 heteroatoms. The molecular weight excluding hydrogens is 351 g/mol. The molecule has 0 aliphatic heterocycles. The van der Waals surface area contributed by atoms with Gasteiger partial charge in [-0.25, -0.2) is 9.97 Å². The molecule has 1 fully saturated rings. The zero-order chi connectivity index (χ0) is 18.4. The van der Waals surface area contributed by atoms with Gasteiger partial charge in [0, 0.05) is 5.92 Å². The number of hydrogen-bond acceptors (Lipinski definition) is 4. The minimum absolute atomic E-state index is 0.0852. The molecule has 1 N–H and O–H groups in total. The molecule has 2 aromatic heterocycles. The highest BCUT2D eigenvalue weighted by Gasteiger charge is 2.42. The Bertz CT molecular complexity index is 833. The minimum atomic E-state index is -4.14. The quantitative estimate of drug-likeness (QED) is 0.836. The third-order valence-corrected chi connectivity index (χ3v) is 5.86. The first-order valence-electron chi connectivity index (χ1n) is 8.28. The Hall–Kier alpha value is -1.70. The van der Waals surface area contributed by atoms with Crippen LogP contribution in [0.15, 0.2) is 4.79 Å². The summed E-state index contributed by atoms with van der Waals surface area (Å²) in [6, 6.07) is 0. The van der Waals surface area contributed by atoms with Gasteiger partial charge >= 0.3 is 6.18 Å². The van der Waals surface area contributed by atoms with E-state index in [0.717, 1.165) is 15.6 Å². The van der Waals surface area contributed by atoms with Crippen LogP contribution in [0.3, 0.4) is 0 Å².